The molecule has 0 aromatic heterocycles. The zero-order chi connectivity index (χ0) is 11.8. The van der Waals surface area contributed by atoms with Crippen molar-refractivity contribution >= 4 is 11.6 Å². The van der Waals surface area contributed by atoms with Gasteiger partial charge in [0, 0.05) is 12.1 Å². The van der Waals surface area contributed by atoms with Gasteiger partial charge in [-0.25, -0.2) is 0 Å². The maximum atomic E-state index is 7.00. The molecule has 2 heteroatoms. The van der Waals surface area contributed by atoms with Gasteiger partial charge >= 0.3 is 0 Å². The molecule has 84 valence electrons. The lowest BCUT2D eigenvalue weighted by Gasteiger charge is -2.01. The van der Waals surface area contributed by atoms with Gasteiger partial charge in [0.15, 0.2) is 0 Å². The molecule has 2 aromatic carbocycles. The maximum Gasteiger partial charge on any atom is 0.0408 e. The van der Waals surface area contributed by atoms with E-state index in [2.05, 4.69) is 30.3 Å². The lowest BCUT2D eigenvalue weighted by atomic mass is 10.1. The lowest BCUT2D eigenvalue weighted by Crippen LogP contribution is -1.86. The van der Waals surface area contributed by atoms with Crippen LogP contribution in [0, 0.1) is 0 Å². The number of benzene rings is 2. The molecule has 0 aliphatic carbocycles. The van der Waals surface area contributed by atoms with Crippen molar-refractivity contribution in [2.75, 3.05) is 7.11 Å². The summed E-state index contributed by atoms with van der Waals surface area (Å²) >= 11 is 5.91. The summed E-state index contributed by atoms with van der Waals surface area (Å²) in [6.07, 6.45) is 0.946. The van der Waals surface area contributed by atoms with Gasteiger partial charge in [0.1, 0.15) is 0 Å². The fourth-order valence-corrected chi connectivity index (χ4v) is 1.69. The first-order chi connectivity index (χ1) is 7.84. The van der Waals surface area contributed by atoms with Gasteiger partial charge in [-0.3, -0.25) is 0 Å². The highest BCUT2D eigenvalue weighted by atomic mass is 35.5. The van der Waals surface area contributed by atoms with E-state index >= 15 is 0 Å². The van der Waals surface area contributed by atoms with Crippen LogP contribution in [-0.4, -0.2) is 12.2 Å². The first-order valence-electron chi connectivity index (χ1n) is 5.08. The number of hydrogen-bond acceptors (Lipinski definition) is 1. The Balaban J connectivity index is 0.000000606. The molecule has 0 unspecified atom stereocenters. The standard InChI is InChI=1S/C13H11Cl.CH4O/c14-13-8-4-7-12(10-13)9-11-5-2-1-3-6-11;1-2/h1-8,10H,9H2;2H,1H3. The van der Waals surface area contributed by atoms with E-state index in [9.17, 15) is 0 Å². The van der Waals surface area contributed by atoms with Crippen molar-refractivity contribution in [3.05, 3.63) is 70.7 Å². The highest BCUT2D eigenvalue weighted by Crippen LogP contribution is 2.14. The molecule has 0 spiro atoms. The summed E-state index contributed by atoms with van der Waals surface area (Å²) in [5, 5.41) is 7.80. The molecule has 1 N–H and O–H groups in total. The van der Waals surface area contributed by atoms with Crippen LogP contribution in [0.15, 0.2) is 54.6 Å². The number of aliphatic hydroxyl groups is 1. The van der Waals surface area contributed by atoms with E-state index in [0.717, 1.165) is 18.6 Å². The van der Waals surface area contributed by atoms with Crippen LogP contribution in [0.1, 0.15) is 11.1 Å². The SMILES string of the molecule is CO.Clc1cccc(Cc2ccccc2)c1. The van der Waals surface area contributed by atoms with Crippen LogP contribution in [-0.2, 0) is 6.42 Å². The van der Waals surface area contributed by atoms with Crippen molar-refractivity contribution in [2.24, 2.45) is 0 Å². The van der Waals surface area contributed by atoms with Gasteiger partial charge in [-0.2, -0.15) is 0 Å². The minimum Gasteiger partial charge on any atom is -0.400 e. The monoisotopic (exact) mass is 234 g/mol. The minimum atomic E-state index is 0.804. The fraction of sp³-hybridized carbons (Fsp3) is 0.143. The van der Waals surface area contributed by atoms with Crippen LogP contribution in [0.3, 0.4) is 0 Å². The van der Waals surface area contributed by atoms with Crippen molar-refractivity contribution in [1.82, 2.24) is 0 Å². The molecule has 2 rings (SSSR count). The molecule has 0 saturated heterocycles. The summed E-state index contributed by atoms with van der Waals surface area (Å²) in [6, 6.07) is 18.4. The molecule has 0 saturated carbocycles. The van der Waals surface area contributed by atoms with E-state index in [1.54, 1.807) is 0 Å². The smallest absolute Gasteiger partial charge is 0.0408 e. The molecular weight excluding hydrogens is 220 g/mol. The van der Waals surface area contributed by atoms with E-state index in [4.69, 9.17) is 16.7 Å². The molecular formula is C14H15ClO. The molecule has 0 radical (unpaired) electrons. The van der Waals surface area contributed by atoms with E-state index in [-0.39, 0.29) is 0 Å². The highest BCUT2D eigenvalue weighted by Gasteiger charge is 1.95. The van der Waals surface area contributed by atoms with Gasteiger partial charge in [-0.15, -0.1) is 0 Å². The van der Waals surface area contributed by atoms with Crippen LogP contribution in [0.2, 0.25) is 5.02 Å². The molecule has 0 aliphatic heterocycles. The van der Waals surface area contributed by atoms with Gasteiger partial charge in [0.05, 0.1) is 0 Å². The predicted molar refractivity (Wildman–Crippen MR) is 68.8 cm³/mol. The number of aliphatic hydroxyl groups excluding tert-OH is 1. The highest BCUT2D eigenvalue weighted by molar-refractivity contribution is 6.30. The molecule has 2 aromatic rings. The van der Waals surface area contributed by atoms with Gasteiger partial charge in [-0.05, 0) is 29.7 Å². The van der Waals surface area contributed by atoms with Crippen molar-refractivity contribution in [3.63, 3.8) is 0 Å². The Morgan fingerprint density at radius 2 is 1.50 bits per heavy atom. The first-order valence-corrected chi connectivity index (χ1v) is 5.45. The van der Waals surface area contributed by atoms with Crippen molar-refractivity contribution in [3.8, 4) is 0 Å². The van der Waals surface area contributed by atoms with E-state index < -0.39 is 0 Å². The molecule has 0 heterocycles. The molecule has 16 heavy (non-hydrogen) atoms. The summed E-state index contributed by atoms with van der Waals surface area (Å²) in [4.78, 5) is 0. The molecule has 0 amide bonds. The number of halogens is 1. The van der Waals surface area contributed by atoms with E-state index in [1.807, 2.05) is 24.3 Å². The zero-order valence-electron chi connectivity index (χ0n) is 9.23. The Morgan fingerprint density at radius 1 is 0.875 bits per heavy atom. The minimum absolute atomic E-state index is 0.804. The van der Waals surface area contributed by atoms with Gasteiger partial charge < -0.3 is 5.11 Å². The van der Waals surface area contributed by atoms with Crippen LogP contribution in [0.5, 0.6) is 0 Å². The Hall–Kier alpha value is -1.31. The van der Waals surface area contributed by atoms with Gasteiger partial charge in [-0.1, -0.05) is 54.1 Å². The molecule has 0 atom stereocenters. The van der Waals surface area contributed by atoms with Crippen molar-refractivity contribution < 1.29 is 5.11 Å². The van der Waals surface area contributed by atoms with Crippen LogP contribution >= 0.6 is 11.6 Å². The summed E-state index contributed by atoms with van der Waals surface area (Å²) in [7, 11) is 1.00. The summed E-state index contributed by atoms with van der Waals surface area (Å²) < 4.78 is 0. The Morgan fingerprint density at radius 3 is 2.12 bits per heavy atom. The van der Waals surface area contributed by atoms with Gasteiger partial charge in [0.25, 0.3) is 0 Å². The maximum absolute atomic E-state index is 7.00. The van der Waals surface area contributed by atoms with Crippen LogP contribution in [0.4, 0.5) is 0 Å². The van der Waals surface area contributed by atoms with Crippen LogP contribution < -0.4 is 0 Å². The quantitative estimate of drug-likeness (QED) is 0.843. The Bertz CT molecular complexity index is 412. The zero-order valence-corrected chi connectivity index (χ0v) is 9.98. The molecule has 0 aliphatic rings. The predicted octanol–water partition coefficient (Wildman–Crippen LogP) is 3.54. The first kappa shape index (κ1) is 12.8. The summed E-state index contributed by atoms with van der Waals surface area (Å²) in [6.45, 7) is 0. The third-order valence-corrected chi connectivity index (χ3v) is 2.38. The summed E-state index contributed by atoms with van der Waals surface area (Å²) in [5.74, 6) is 0. The fourth-order valence-electron chi connectivity index (χ4n) is 1.48. The average Bonchev–Trinajstić information content (AvgIpc) is 2.33. The topological polar surface area (TPSA) is 20.2 Å². The van der Waals surface area contributed by atoms with Gasteiger partial charge in [0.2, 0.25) is 0 Å². The van der Waals surface area contributed by atoms with Crippen molar-refractivity contribution in [2.45, 2.75) is 6.42 Å². The Kier molecular flexibility index (Phi) is 5.62. The third-order valence-electron chi connectivity index (χ3n) is 2.14. The second kappa shape index (κ2) is 7.04. The molecule has 0 fully saturated rings. The molecule has 1 nitrogen and oxygen atoms in total. The van der Waals surface area contributed by atoms with E-state index in [1.165, 1.54) is 11.1 Å². The Labute approximate surface area is 101 Å². The second-order valence-electron chi connectivity index (χ2n) is 3.29. The lowest BCUT2D eigenvalue weighted by molar-refractivity contribution is 0.399. The number of hydrogen-bond donors (Lipinski definition) is 1. The van der Waals surface area contributed by atoms with E-state index in [0.29, 0.717) is 0 Å². The van der Waals surface area contributed by atoms with Crippen molar-refractivity contribution in [1.29, 1.82) is 0 Å². The number of rotatable bonds is 2. The third kappa shape index (κ3) is 4.05. The second-order valence-corrected chi connectivity index (χ2v) is 3.73. The van der Waals surface area contributed by atoms with Crippen LogP contribution in [0.25, 0.3) is 0 Å². The summed E-state index contributed by atoms with van der Waals surface area (Å²) in [5.41, 5.74) is 2.57. The normalized spacial score (nSPS) is 9.19. The average molecular weight is 235 g/mol. The molecule has 0 bridgehead atoms. The largest absolute Gasteiger partial charge is 0.400 e.